The number of hydrogen-bond acceptors (Lipinski definition) is 5. The molecule has 0 spiro atoms. The van der Waals surface area contributed by atoms with E-state index in [9.17, 15) is 10.2 Å². The number of ether oxygens (including phenoxy) is 3. The number of unbranched alkanes of at least 4 members (excludes halogenated alkanes) is 14. The quantitative estimate of drug-likeness (QED) is 0.0496. The van der Waals surface area contributed by atoms with Crippen molar-refractivity contribution in [1.29, 1.82) is 0 Å². The first-order valence-electron chi connectivity index (χ1n) is 21.8. The molecule has 0 saturated carbocycles. The molecule has 0 bridgehead atoms. The maximum atomic E-state index is 9.80. The first-order chi connectivity index (χ1) is 23.6. The normalized spacial score (nSPS) is 17.0. The van der Waals surface area contributed by atoms with Crippen LogP contribution in [-0.4, -0.2) is 48.2 Å². The Morgan fingerprint density at radius 3 is 1.02 bits per heavy atom. The van der Waals surface area contributed by atoms with Crippen molar-refractivity contribution in [2.75, 3.05) is 13.2 Å². The third-order valence-corrected chi connectivity index (χ3v) is 10.3. The van der Waals surface area contributed by atoms with E-state index in [1.807, 2.05) is 13.8 Å². The van der Waals surface area contributed by atoms with Crippen LogP contribution < -0.4 is 0 Å². The summed E-state index contributed by atoms with van der Waals surface area (Å²) in [5, 5.41) is 19.6. The van der Waals surface area contributed by atoms with Crippen molar-refractivity contribution in [2.45, 2.75) is 247 Å². The summed E-state index contributed by atoms with van der Waals surface area (Å²) in [5.74, 6) is 2.36. The van der Waals surface area contributed by atoms with Crippen LogP contribution in [0.25, 0.3) is 0 Å². The molecule has 0 rings (SSSR count). The van der Waals surface area contributed by atoms with Gasteiger partial charge in [-0.2, -0.15) is 0 Å². The van der Waals surface area contributed by atoms with E-state index in [4.69, 9.17) is 14.2 Å². The predicted octanol–water partition coefficient (Wildman–Crippen LogP) is 13.2. The molecule has 49 heavy (non-hydrogen) atoms. The summed E-state index contributed by atoms with van der Waals surface area (Å²) in [6.45, 7) is 19.1. The van der Waals surface area contributed by atoms with E-state index in [1.165, 1.54) is 89.9 Å². The molecule has 0 aromatic carbocycles. The first-order valence-corrected chi connectivity index (χ1v) is 21.8. The summed E-state index contributed by atoms with van der Waals surface area (Å²) in [7, 11) is 0. The van der Waals surface area contributed by atoms with Crippen molar-refractivity contribution >= 4 is 0 Å². The van der Waals surface area contributed by atoms with Crippen LogP contribution in [0.4, 0.5) is 0 Å². The van der Waals surface area contributed by atoms with Crippen LogP contribution in [0.5, 0.6) is 0 Å². The number of hydrogen-bond donors (Lipinski definition) is 2. The Labute approximate surface area is 307 Å². The lowest BCUT2D eigenvalue weighted by Crippen LogP contribution is -2.28. The molecule has 0 fully saturated rings. The van der Waals surface area contributed by atoms with Gasteiger partial charge >= 0.3 is 0 Å². The van der Waals surface area contributed by atoms with E-state index < -0.39 is 0 Å². The Morgan fingerprint density at radius 1 is 0.367 bits per heavy atom. The summed E-state index contributed by atoms with van der Waals surface area (Å²) >= 11 is 0. The van der Waals surface area contributed by atoms with Crippen LogP contribution in [0.3, 0.4) is 0 Å². The molecule has 0 aromatic rings. The van der Waals surface area contributed by atoms with Gasteiger partial charge in [-0.15, -0.1) is 0 Å². The molecule has 296 valence electrons. The third-order valence-electron chi connectivity index (χ3n) is 10.3. The highest BCUT2D eigenvalue weighted by Gasteiger charge is 2.20. The van der Waals surface area contributed by atoms with Gasteiger partial charge in [0.15, 0.2) is 12.6 Å². The minimum absolute atomic E-state index is 0.210. The van der Waals surface area contributed by atoms with Crippen LogP contribution in [0.1, 0.15) is 222 Å². The van der Waals surface area contributed by atoms with Gasteiger partial charge in [0.25, 0.3) is 0 Å². The molecule has 0 radical (unpaired) electrons. The van der Waals surface area contributed by atoms with Crippen molar-refractivity contribution in [3.8, 4) is 0 Å². The van der Waals surface area contributed by atoms with E-state index >= 15 is 0 Å². The van der Waals surface area contributed by atoms with E-state index in [0.29, 0.717) is 23.7 Å². The summed E-state index contributed by atoms with van der Waals surface area (Å²) in [6, 6.07) is 0. The minimum atomic E-state index is -0.219. The number of aliphatic hydroxyl groups excluding tert-OH is 2. The second kappa shape index (κ2) is 34.9. The average Bonchev–Trinajstić information content (AvgIpc) is 3.01. The molecule has 8 atom stereocenters. The Morgan fingerprint density at radius 2 is 0.694 bits per heavy atom. The molecule has 0 aliphatic rings. The maximum Gasteiger partial charge on any atom is 0.160 e. The molecular formula is C44H90O5. The zero-order valence-electron chi connectivity index (χ0n) is 34.5. The van der Waals surface area contributed by atoms with Crippen molar-refractivity contribution < 1.29 is 24.4 Å². The molecule has 2 N–H and O–H groups in total. The largest absolute Gasteiger partial charge is 0.393 e. The van der Waals surface area contributed by atoms with Crippen LogP contribution in [-0.2, 0) is 14.2 Å². The maximum absolute atomic E-state index is 9.80. The zero-order valence-corrected chi connectivity index (χ0v) is 34.5. The monoisotopic (exact) mass is 699 g/mol. The van der Waals surface area contributed by atoms with Gasteiger partial charge in [0.1, 0.15) is 0 Å². The van der Waals surface area contributed by atoms with Gasteiger partial charge in [0, 0.05) is 13.2 Å². The highest BCUT2D eigenvalue weighted by Crippen LogP contribution is 2.25. The molecule has 0 aromatic heterocycles. The molecule has 5 heteroatoms. The van der Waals surface area contributed by atoms with Gasteiger partial charge in [0.2, 0.25) is 0 Å². The van der Waals surface area contributed by atoms with E-state index in [2.05, 4.69) is 41.5 Å². The Bertz CT molecular complexity index is 601. The van der Waals surface area contributed by atoms with Gasteiger partial charge in [-0.3, -0.25) is 0 Å². The van der Waals surface area contributed by atoms with E-state index in [0.717, 1.165) is 90.3 Å². The molecular weight excluding hydrogens is 608 g/mol. The highest BCUT2D eigenvalue weighted by atomic mass is 16.8. The Kier molecular flexibility index (Phi) is 34.7. The molecule has 0 amide bonds. The fraction of sp³-hybridized carbons (Fsp3) is 1.00. The fourth-order valence-electron chi connectivity index (χ4n) is 7.68. The Hall–Kier alpha value is -0.200. The first kappa shape index (κ1) is 48.8. The van der Waals surface area contributed by atoms with Crippen molar-refractivity contribution in [2.24, 2.45) is 23.7 Å². The van der Waals surface area contributed by atoms with Crippen molar-refractivity contribution in [3.05, 3.63) is 0 Å². The molecule has 0 heterocycles. The predicted molar refractivity (Wildman–Crippen MR) is 212 cm³/mol. The van der Waals surface area contributed by atoms with E-state index in [1.54, 1.807) is 0 Å². The third kappa shape index (κ3) is 34.6. The molecule has 0 aliphatic carbocycles. The van der Waals surface area contributed by atoms with Gasteiger partial charge < -0.3 is 24.4 Å². The molecule has 0 saturated heterocycles. The van der Waals surface area contributed by atoms with Crippen LogP contribution in [0.15, 0.2) is 0 Å². The Balaban J connectivity index is 5.11. The lowest BCUT2D eigenvalue weighted by atomic mass is 9.90. The van der Waals surface area contributed by atoms with E-state index in [-0.39, 0.29) is 24.8 Å². The SMILES string of the molecule is CCCCCCCCCCOC(CCCC(C)CC(C)CC(C)O)OC(CCCC(C)CC(C)CC(C)O)OCCCCCCCCCC. The zero-order chi connectivity index (χ0) is 36.5. The molecule has 8 unspecified atom stereocenters. The van der Waals surface area contributed by atoms with Gasteiger partial charge in [-0.1, -0.05) is 144 Å². The second-order valence-corrected chi connectivity index (χ2v) is 16.6. The second-order valence-electron chi connectivity index (χ2n) is 16.6. The van der Waals surface area contributed by atoms with Crippen LogP contribution in [0, 0.1) is 23.7 Å². The smallest absolute Gasteiger partial charge is 0.160 e. The van der Waals surface area contributed by atoms with Gasteiger partial charge in [-0.05, 0) is 102 Å². The average molecular weight is 699 g/mol. The molecule has 5 nitrogen and oxygen atoms in total. The lowest BCUT2D eigenvalue weighted by Gasteiger charge is -2.27. The molecule has 0 aliphatic heterocycles. The highest BCUT2D eigenvalue weighted by molar-refractivity contribution is 4.65. The van der Waals surface area contributed by atoms with Crippen molar-refractivity contribution in [1.82, 2.24) is 0 Å². The number of rotatable bonds is 38. The summed E-state index contributed by atoms with van der Waals surface area (Å²) in [5.41, 5.74) is 0. The van der Waals surface area contributed by atoms with Crippen molar-refractivity contribution in [3.63, 3.8) is 0 Å². The van der Waals surface area contributed by atoms with Crippen LogP contribution >= 0.6 is 0 Å². The van der Waals surface area contributed by atoms with Gasteiger partial charge in [-0.25, -0.2) is 0 Å². The summed E-state index contributed by atoms with van der Waals surface area (Å²) < 4.78 is 19.7. The standard InChI is InChI=1S/C44H90O5/c1-9-11-13-15-17-19-21-23-31-47-43(29-25-27-37(3)33-39(5)35-41(7)45)49-44(48-32-24-22-20-18-16-14-12-10-2)30-26-28-38(4)34-40(6)36-42(8)46/h37-46H,9-36H2,1-8H3. The van der Waals surface area contributed by atoms with Gasteiger partial charge in [0.05, 0.1) is 12.2 Å². The fourth-order valence-corrected chi connectivity index (χ4v) is 7.68. The topological polar surface area (TPSA) is 68.2 Å². The summed E-state index contributed by atoms with van der Waals surface area (Å²) in [6.07, 6.45) is 30.4. The summed E-state index contributed by atoms with van der Waals surface area (Å²) in [4.78, 5) is 0. The number of aliphatic hydroxyl groups is 2. The lowest BCUT2D eigenvalue weighted by molar-refractivity contribution is -0.250. The minimum Gasteiger partial charge on any atom is -0.393 e. The van der Waals surface area contributed by atoms with Crippen LogP contribution in [0.2, 0.25) is 0 Å².